The van der Waals surface area contributed by atoms with E-state index < -0.39 is 0 Å². The molecule has 2 nitrogen and oxygen atoms in total. The number of benzene rings is 1. The summed E-state index contributed by atoms with van der Waals surface area (Å²) in [6.07, 6.45) is 0. The second-order valence-corrected chi connectivity index (χ2v) is 6.32. The predicted octanol–water partition coefficient (Wildman–Crippen LogP) is 4.61. The van der Waals surface area contributed by atoms with Gasteiger partial charge in [0, 0.05) is 27.6 Å². The standard InChI is InChI=1S/C12H14Br3NO/c1-3-17-12-9(7-16-6-8(2)13)4-10(14)5-11(12)15/h4-5,16H,2-3,6-7H2,1H3. The maximum atomic E-state index is 5.64. The van der Waals surface area contributed by atoms with Gasteiger partial charge in [0.2, 0.25) is 0 Å². The second kappa shape index (κ2) is 7.56. The minimum absolute atomic E-state index is 0.651. The Morgan fingerprint density at radius 2 is 2.12 bits per heavy atom. The van der Waals surface area contributed by atoms with Crippen LogP contribution in [0.5, 0.6) is 5.75 Å². The lowest BCUT2D eigenvalue weighted by Gasteiger charge is -2.13. The van der Waals surface area contributed by atoms with Crippen LogP contribution in [0.1, 0.15) is 12.5 Å². The quantitative estimate of drug-likeness (QED) is 0.715. The zero-order valence-corrected chi connectivity index (χ0v) is 14.3. The summed E-state index contributed by atoms with van der Waals surface area (Å²) in [5.74, 6) is 0.892. The maximum absolute atomic E-state index is 5.64. The van der Waals surface area contributed by atoms with Crippen LogP contribution in [0.2, 0.25) is 0 Å². The summed E-state index contributed by atoms with van der Waals surface area (Å²) in [7, 11) is 0. The first-order chi connectivity index (χ1) is 8.04. The van der Waals surface area contributed by atoms with Gasteiger partial charge in [0.15, 0.2) is 0 Å². The van der Waals surface area contributed by atoms with Crippen LogP contribution in [0.25, 0.3) is 0 Å². The van der Waals surface area contributed by atoms with E-state index in [0.717, 1.165) is 37.8 Å². The highest BCUT2D eigenvalue weighted by molar-refractivity contribution is 9.11. The Morgan fingerprint density at radius 1 is 1.41 bits per heavy atom. The van der Waals surface area contributed by atoms with Crippen molar-refractivity contribution in [3.05, 3.63) is 37.7 Å². The fraction of sp³-hybridized carbons (Fsp3) is 0.333. The van der Waals surface area contributed by atoms with Crippen LogP contribution in [-0.2, 0) is 6.54 Å². The van der Waals surface area contributed by atoms with Crippen molar-refractivity contribution in [2.24, 2.45) is 0 Å². The molecule has 0 amide bonds. The molecule has 1 aromatic carbocycles. The van der Waals surface area contributed by atoms with E-state index in [4.69, 9.17) is 4.74 Å². The van der Waals surface area contributed by atoms with Crippen molar-refractivity contribution in [3.8, 4) is 5.75 Å². The summed E-state index contributed by atoms with van der Waals surface area (Å²) in [6, 6.07) is 4.04. The minimum atomic E-state index is 0.651. The van der Waals surface area contributed by atoms with Gasteiger partial charge in [-0.25, -0.2) is 0 Å². The number of ether oxygens (including phenoxy) is 1. The number of hydrogen-bond donors (Lipinski definition) is 1. The van der Waals surface area contributed by atoms with E-state index in [2.05, 4.69) is 65.8 Å². The third kappa shape index (κ3) is 5.12. The third-order valence-electron chi connectivity index (χ3n) is 2.01. The summed E-state index contributed by atoms with van der Waals surface area (Å²) < 4.78 is 8.56. The Labute approximate surface area is 127 Å². The predicted molar refractivity (Wildman–Crippen MR) is 82.8 cm³/mol. The highest BCUT2D eigenvalue weighted by atomic mass is 79.9. The monoisotopic (exact) mass is 425 g/mol. The molecule has 5 heteroatoms. The summed E-state index contributed by atoms with van der Waals surface area (Å²) in [5, 5.41) is 3.29. The lowest BCUT2D eigenvalue weighted by atomic mass is 10.2. The molecule has 0 bridgehead atoms. The summed E-state index contributed by atoms with van der Waals surface area (Å²) in [5.41, 5.74) is 1.11. The van der Waals surface area contributed by atoms with Crippen LogP contribution in [0.3, 0.4) is 0 Å². The number of rotatable bonds is 6. The van der Waals surface area contributed by atoms with Gasteiger partial charge in [-0.3, -0.25) is 0 Å². The first kappa shape index (κ1) is 15.2. The number of halogens is 3. The molecule has 0 heterocycles. The van der Waals surface area contributed by atoms with Crippen LogP contribution in [-0.4, -0.2) is 13.2 Å². The van der Waals surface area contributed by atoms with Gasteiger partial charge in [-0.15, -0.1) is 0 Å². The van der Waals surface area contributed by atoms with E-state index >= 15 is 0 Å². The smallest absolute Gasteiger partial charge is 0.138 e. The number of hydrogen-bond acceptors (Lipinski definition) is 2. The highest BCUT2D eigenvalue weighted by Crippen LogP contribution is 2.32. The molecular formula is C12H14Br3NO. The van der Waals surface area contributed by atoms with Crippen LogP contribution in [0.15, 0.2) is 32.1 Å². The van der Waals surface area contributed by atoms with E-state index in [0.29, 0.717) is 6.61 Å². The van der Waals surface area contributed by atoms with Crippen molar-refractivity contribution in [2.45, 2.75) is 13.5 Å². The first-order valence-corrected chi connectivity index (χ1v) is 7.57. The van der Waals surface area contributed by atoms with Crippen LogP contribution in [0.4, 0.5) is 0 Å². The van der Waals surface area contributed by atoms with E-state index in [1.54, 1.807) is 0 Å². The van der Waals surface area contributed by atoms with Gasteiger partial charge in [-0.2, -0.15) is 0 Å². The summed E-state index contributed by atoms with van der Waals surface area (Å²) in [4.78, 5) is 0. The molecule has 0 fully saturated rings. The second-order valence-electron chi connectivity index (χ2n) is 3.43. The molecule has 0 atom stereocenters. The Bertz CT molecular complexity index is 407. The zero-order chi connectivity index (χ0) is 12.8. The fourth-order valence-corrected chi connectivity index (χ4v) is 3.01. The van der Waals surface area contributed by atoms with E-state index in [-0.39, 0.29) is 0 Å². The molecule has 1 aromatic rings. The molecule has 94 valence electrons. The SMILES string of the molecule is C=C(Br)CNCc1cc(Br)cc(Br)c1OCC. The van der Waals surface area contributed by atoms with Gasteiger partial charge < -0.3 is 10.1 Å². The fourth-order valence-electron chi connectivity index (χ4n) is 1.38. The topological polar surface area (TPSA) is 21.3 Å². The van der Waals surface area contributed by atoms with Crippen LogP contribution >= 0.6 is 47.8 Å². The molecule has 0 aliphatic rings. The Balaban J connectivity index is 2.83. The zero-order valence-electron chi connectivity index (χ0n) is 9.53. The molecular weight excluding hydrogens is 414 g/mol. The van der Waals surface area contributed by atoms with E-state index in [1.165, 1.54) is 0 Å². The molecule has 0 unspecified atom stereocenters. The largest absolute Gasteiger partial charge is 0.492 e. The van der Waals surface area contributed by atoms with Crippen LogP contribution < -0.4 is 10.1 Å². The summed E-state index contributed by atoms with van der Waals surface area (Å²) in [6.45, 7) is 7.88. The minimum Gasteiger partial charge on any atom is -0.492 e. The van der Waals surface area contributed by atoms with Gasteiger partial charge in [0.25, 0.3) is 0 Å². The number of nitrogens with one attached hydrogen (secondary N) is 1. The Morgan fingerprint density at radius 3 is 2.71 bits per heavy atom. The average molecular weight is 428 g/mol. The molecule has 0 aliphatic heterocycles. The normalized spacial score (nSPS) is 10.4. The van der Waals surface area contributed by atoms with Gasteiger partial charge in [0.1, 0.15) is 5.75 Å². The third-order valence-corrected chi connectivity index (χ3v) is 3.33. The van der Waals surface area contributed by atoms with E-state index in [1.807, 2.05) is 13.0 Å². The molecule has 0 saturated heterocycles. The van der Waals surface area contributed by atoms with E-state index in [9.17, 15) is 0 Å². The van der Waals surface area contributed by atoms with Crippen LogP contribution in [0, 0.1) is 0 Å². The Hall–Kier alpha value is 0.160. The summed E-state index contributed by atoms with van der Waals surface area (Å²) >= 11 is 10.3. The molecule has 0 spiro atoms. The lowest BCUT2D eigenvalue weighted by Crippen LogP contribution is -2.15. The van der Waals surface area contributed by atoms with Gasteiger partial charge in [-0.1, -0.05) is 38.4 Å². The molecule has 0 aliphatic carbocycles. The van der Waals surface area contributed by atoms with Crippen molar-refractivity contribution < 1.29 is 4.74 Å². The van der Waals surface area contributed by atoms with Crippen molar-refractivity contribution in [2.75, 3.05) is 13.2 Å². The molecule has 1 rings (SSSR count). The molecule has 17 heavy (non-hydrogen) atoms. The Kier molecular flexibility index (Phi) is 6.77. The van der Waals surface area contributed by atoms with Gasteiger partial charge in [0.05, 0.1) is 11.1 Å². The van der Waals surface area contributed by atoms with Crippen molar-refractivity contribution in [1.29, 1.82) is 0 Å². The van der Waals surface area contributed by atoms with Crippen molar-refractivity contribution in [1.82, 2.24) is 5.32 Å². The molecule has 0 saturated carbocycles. The maximum Gasteiger partial charge on any atom is 0.138 e. The average Bonchev–Trinajstić information content (AvgIpc) is 2.22. The molecule has 0 aromatic heterocycles. The molecule has 1 N–H and O–H groups in total. The first-order valence-electron chi connectivity index (χ1n) is 5.19. The molecule has 0 radical (unpaired) electrons. The highest BCUT2D eigenvalue weighted by Gasteiger charge is 2.09. The van der Waals surface area contributed by atoms with Gasteiger partial charge >= 0.3 is 0 Å². The van der Waals surface area contributed by atoms with Gasteiger partial charge in [-0.05, 0) is 35.0 Å². The lowest BCUT2D eigenvalue weighted by molar-refractivity contribution is 0.333. The van der Waals surface area contributed by atoms with Crippen molar-refractivity contribution >= 4 is 47.8 Å². The van der Waals surface area contributed by atoms with Crippen molar-refractivity contribution in [3.63, 3.8) is 0 Å².